The van der Waals surface area contributed by atoms with E-state index >= 15 is 0 Å². The van der Waals surface area contributed by atoms with Gasteiger partial charge in [0.2, 0.25) is 0 Å². The van der Waals surface area contributed by atoms with Gasteiger partial charge >= 0.3 is 0 Å². The first-order valence-corrected chi connectivity index (χ1v) is 8.25. The van der Waals surface area contributed by atoms with Crippen LogP contribution in [0.15, 0.2) is 41.5 Å². The van der Waals surface area contributed by atoms with Crippen molar-refractivity contribution in [2.24, 2.45) is 4.99 Å². The van der Waals surface area contributed by atoms with Crippen molar-refractivity contribution in [2.45, 2.75) is 13.5 Å². The van der Waals surface area contributed by atoms with Gasteiger partial charge in [-0.15, -0.1) is 0 Å². The highest BCUT2D eigenvalue weighted by molar-refractivity contribution is 6.02. The number of hydrogen-bond acceptors (Lipinski definition) is 4. The Kier molecular flexibility index (Phi) is 3.62. The van der Waals surface area contributed by atoms with Crippen LogP contribution in [0, 0.1) is 0 Å². The van der Waals surface area contributed by atoms with Crippen molar-refractivity contribution >= 4 is 11.4 Å². The molecule has 0 spiro atoms. The smallest absolute Gasteiger partial charge is 0.0821 e. The minimum absolute atomic E-state index is 0.726. The number of benzene rings is 1. The fraction of sp³-hybridized carbons (Fsp3) is 0.368. The van der Waals surface area contributed by atoms with Crippen LogP contribution in [-0.4, -0.2) is 48.8 Å². The molecule has 118 valence electrons. The van der Waals surface area contributed by atoms with E-state index in [1.807, 2.05) is 6.20 Å². The molecule has 1 aromatic heterocycles. The second-order valence-electron chi connectivity index (χ2n) is 6.46. The standard InChI is InChI=1S/C19H22N4/c1-14-18-11-16(12-21-19(18)13-20-14)15-3-5-17(6-4-15)23-9-7-22(2)8-10-23/h3-6,11-12H,7-10,13H2,1-2H3. The Labute approximate surface area is 137 Å². The number of rotatable bonds is 2. The van der Waals surface area contributed by atoms with Crippen LogP contribution in [0.4, 0.5) is 5.69 Å². The van der Waals surface area contributed by atoms with Gasteiger partial charge in [-0.05, 0) is 37.7 Å². The van der Waals surface area contributed by atoms with Gasteiger partial charge in [0.25, 0.3) is 0 Å². The number of aromatic nitrogens is 1. The van der Waals surface area contributed by atoms with Crippen LogP contribution >= 0.6 is 0 Å². The first-order valence-electron chi connectivity index (χ1n) is 8.25. The zero-order valence-electron chi connectivity index (χ0n) is 13.8. The van der Waals surface area contributed by atoms with Gasteiger partial charge in [-0.1, -0.05) is 12.1 Å². The van der Waals surface area contributed by atoms with Crippen LogP contribution in [0.3, 0.4) is 0 Å². The predicted molar refractivity (Wildman–Crippen MR) is 95.3 cm³/mol. The number of likely N-dealkylation sites (N-methyl/N-ethyl adjacent to an activating group) is 1. The maximum absolute atomic E-state index is 4.58. The molecule has 1 saturated heterocycles. The van der Waals surface area contributed by atoms with Crippen LogP contribution in [0.1, 0.15) is 18.2 Å². The van der Waals surface area contributed by atoms with Crippen molar-refractivity contribution < 1.29 is 0 Å². The molecule has 1 aromatic carbocycles. The van der Waals surface area contributed by atoms with E-state index in [0.29, 0.717) is 0 Å². The Bertz CT molecular complexity index is 740. The maximum atomic E-state index is 4.58. The maximum Gasteiger partial charge on any atom is 0.0821 e. The van der Waals surface area contributed by atoms with E-state index in [0.717, 1.165) is 44.1 Å². The van der Waals surface area contributed by atoms with E-state index in [9.17, 15) is 0 Å². The number of pyridine rings is 1. The highest BCUT2D eigenvalue weighted by Crippen LogP contribution is 2.27. The lowest BCUT2D eigenvalue weighted by Crippen LogP contribution is -2.44. The second kappa shape index (κ2) is 5.78. The highest BCUT2D eigenvalue weighted by atomic mass is 15.2. The molecule has 2 aliphatic heterocycles. The summed E-state index contributed by atoms with van der Waals surface area (Å²) in [5.74, 6) is 0. The number of piperazine rings is 1. The van der Waals surface area contributed by atoms with E-state index in [4.69, 9.17) is 0 Å². The third kappa shape index (κ3) is 2.75. The van der Waals surface area contributed by atoms with Gasteiger partial charge in [0, 0.05) is 54.9 Å². The number of fused-ring (bicyclic) bond motifs is 1. The second-order valence-corrected chi connectivity index (χ2v) is 6.46. The molecule has 2 aliphatic rings. The number of hydrogen-bond donors (Lipinski definition) is 0. The molecule has 0 radical (unpaired) electrons. The number of anilines is 1. The normalized spacial score (nSPS) is 18.0. The molecule has 0 unspecified atom stereocenters. The zero-order chi connectivity index (χ0) is 15.8. The summed E-state index contributed by atoms with van der Waals surface area (Å²) < 4.78 is 0. The summed E-state index contributed by atoms with van der Waals surface area (Å²) >= 11 is 0. The van der Waals surface area contributed by atoms with Gasteiger partial charge in [0.15, 0.2) is 0 Å². The fourth-order valence-electron chi connectivity index (χ4n) is 3.30. The van der Waals surface area contributed by atoms with Crippen LogP contribution in [0.5, 0.6) is 0 Å². The topological polar surface area (TPSA) is 31.7 Å². The van der Waals surface area contributed by atoms with Crippen molar-refractivity contribution in [2.75, 3.05) is 38.1 Å². The molecule has 0 saturated carbocycles. The van der Waals surface area contributed by atoms with E-state index in [1.165, 1.54) is 22.4 Å². The SMILES string of the molecule is CC1=NCc2ncc(-c3ccc(N4CCN(C)CC4)cc3)cc21. The molecule has 2 aromatic rings. The van der Waals surface area contributed by atoms with Gasteiger partial charge in [-0.25, -0.2) is 0 Å². The summed E-state index contributed by atoms with van der Waals surface area (Å²) in [6.45, 7) is 7.26. The summed E-state index contributed by atoms with van der Waals surface area (Å²) in [5.41, 5.74) is 7.10. The first kappa shape index (κ1) is 14.4. The number of aliphatic imine (C=N–C) groups is 1. The van der Waals surface area contributed by atoms with Crippen molar-refractivity contribution in [3.63, 3.8) is 0 Å². The third-order valence-corrected chi connectivity index (χ3v) is 4.90. The Balaban J connectivity index is 1.57. The molecule has 0 N–H and O–H groups in total. The average molecular weight is 306 g/mol. The Hall–Kier alpha value is -2.20. The summed E-state index contributed by atoms with van der Waals surface area (Å²) in [5, 5.41) is 0. The monoisotopic (exact) mass is 306 g/mol. The largest absolute Gasteiger partial charge is 0.369 e. The Morgan fingerprint density at radius 1 is 0.957 bits per heavy atom. The van der Waals surface area contributed by atoms with Gasteiger partial charge in [-0.3, -0.25) is 9.98 Å². The summed E-state index contributed by atoms with van der Waals surface area (Å²) in [4.78, 5) is 13.9. The molecule has 1 fully saturated rings. The molecule has 4 heteroatoms. The first-order chi connectivity index (χ1) is 11.2. The van der Waals surface area contributed by atoms with Crippen molar-refractivity contribution in [3.8, 4) is 11.1 Å². The lowest BCUT2D eigenvalue weighted by Gasteiger charge is -2.34. The number of nitrogens with zero attached hydrogens (tertiary/aromatic N) is 4. The third-order valence-electron chi connectivity index (χ3n) is 4.90. The van der Waals surface area contributed by atoms with Crippen molar-refractivity contribution in [1.82, 2.24) is 9.88 Å². The molecule has 4 nitrogen and oxygen atoms in total. The van der Waals surface area contributed by atoms with Gasteiger partial charge in [0.1, 0.15) is 0 Å². The van der Waals surface area contributed by atoms with E-state index in [1.54, 1.807) is 0 Å². The summed E-state index contributed by atoms with van der Waals surface area (Å²) in [6, 6.07) is 11.1. The van der Waals surface area contributed by atoms with Crippen molar-refractivity contribution in [3.05, 3.63) is 47.8 Å². The highest BCUT2D eigenvalue weighted by Gasteiger charge is 2.16. The lowest BCUT2D eigenvalue weighted by atomic mass is 10.0. The molecule has 3 heterocycles. The zero-order valence-corrected chi connectivity index (χ0v) is 13.8. The van der Waals surface area contributed by atoms with Crippen molar-refractivity contribution in [1.29, 1.82) is 0 Å². The van der Waals surface area contributed by atoms with E-state index in [2.05, 4.69) is 64.1 Å². The molecule has 23 heavy (non-hydrogen) atoms. The van der Waals surface area contributed by atoms with E-state index in [-0.39, 0.29) is 0 Å². The molecule has 0 aliphatic carbocycles. The van der Waals surface area contributed by atoms with Gasteiger partial charge < -0.3 is 9.80 Å². The predicted octanol–water partition coefficient (Wildman–Crippen LogP) is 2.82. The molecular weight excluding hydrogens is 284 g/mol. The quantitative estimate of drug-likeness (QED) is 0.855. The molecule has 0 bridgehead atoms. The summed E-state index contributed by atoms with van der Waals surface area (Å²) in [7, 11) is 2.19. The minimum atomic E-state index is 0.726. The van der Waals surface area contributed by atoms with Gasteiger partial charge in [0.05, 0.1) is 12.2 Å². The van der Waals surface area contributed by atoms with Crippen LogP contribution in [-0.2, 0) is 6.54 Å². The average Bonchev–Trinajstić information content (AvgIpc) is 2.96. The van der Waals surface area contributed by atoms with Crippen LogP contribution < -0.4 is 4.90 Å². The Morgan fingerprint density at radius 2 is 1.70 bits per heavy atom. The van der Waals surface area contributed by atoms with Crippen LogP contribution in [0.2, 0.25) is 0 Å². The molecule has 0 atom stereocenters. The lowest BCUT2D eigenvalue weighted by molar-refractivity contribution is 0.313. The van der Waals surface area contributed by atoms with Gasteiger partial charge in [-0.2, -0.15) is 0 Å². The minimum Gasteiger partial charge on any atom is -0.369 e. The molecule has 0 amide bonds. The van der Waals surface area contributed by atoms with E-state index < -0.39 is 0 Å². The molecular formula is C19H22N4. The van der Waals surface area contributed by atoms with Crippen LogP contribution in [0.25, 0.3) is 11.1 Å². The fourth-order valence-corrected chi connectivity index (χ4v) is 3.30. The summed E-state index contributed by atoms with van der Waals surface area (Å²) in [6.07, 6.45) is 1.97. The molecule has 4 rings (SSSR count). The Morgan fingerprint density at radius 3 is 2.43 bits per heavy atom.